The fraction of sp³-hybridized carbons (Fsp3) is 0.333. The molecule has 0 spiro atoms. The monoisotopic (exact) mass is 256 g/mol. The number of aromatic nitrogens is 1. The predicted molar refractivity (Wildman–Crippen MR) is 70.5 cm³/mol. The maximum Gasteiger partial charge on any atom is 0.229 e. The van der Waals surface area contributed by atoms with E-state index in [1.807, 2.05) is 24.0 Å². The highest BCUT2D eigenvalue weighted by atomic mass is 16.5. The van der Waals surface area contributed by atoms with Gasteiger partial charge in [-0.05, 0) is 24.5 Å². The molecule has 1 amide bonds. The smallest absolute Gasteiger partial charge is 0.229 e. The third-order valence-corrected chi connectivity index (χ3v) is 3.49. The Hall–Kier alpha value is -2.10. The molecule has 0 fully saturated rings. The first-order valence-corrected chi connectivity index (χ1v) is 6.49. The minimum Gasteiger partial charge on any atom is -0.361 e. The van der Waals surface area contributed by atoms with E-state index in [1.165, 1.54) is 11.1 Å². The van der Waals surface area contributed by atoms with Crippen LogP contribution in [0, 0.1) is 6.92 Å². The Morgan fingerprint density at radius 1 is 1.37 bits per heavy atom. The van der Waals surface area contributed by atoms with Crippen molar-refractivity contribution in [3.05, 3.63) is 52.9 Å². The number of amides is 1. The Bertz CT molecular complexity index is 604. The highest BCUT2D eigenvalue weighted by Gasteiger charge is 2.21. The largest absolute Gasteiger partial charge is 0.361 e. The van der Waals surface area contributed by atoms with E-state index in [4.69, 9.17) is 4.52 Å². The second-order valence-electron chi connectivity index (χ2n) is 4.94. The van der Waals surface area contributed by atoms with Gasteiger partial charge >= 0.3 is 0 Å². The van der Waals surface area contributed by atoms with Crippen molar-refractivity contribution >= 4 is 5.91 Å². The molecule has 4 heteroatoms. The van der Waals surface area contributed by atoms with Crippen molar-refractivity contribution < 1.29 is 9.32 Å². The van der Waals surface area contributed by atoms with Crippen LogP contribution in [-0.2, 0) is 24.2 Å². The molecule has 0 bridgehead atoms. The maximum atomic E-state index is 12.2. The van der Waals surface area contributed by atoms with Crippen LogP contribution in [0.2, 0.25) is 0 Å². The SMILES string of the molecule is Cc1cc(CC(=O)N2CCc3ccccc3C2)no1. The van der Waals surface area contributed by atoms with Crippen molar-refractivity contribution in [1.82, 2.24) is 10.1 Å². The molecule has 0 N–H and O–H groups in total. The van der Waals surface area contributed by atoms with Gasteiger partial charge in [0.15, 0.2) is 0 Å². The quantitative estimate of drug-likeness (QED) is 0.826. The molecule has 0 aliphatic carbocycles. The molecule has 1 aliphatic heterocycles. The lowest BCUT2D eigenvalue weighted by Gasteiger charge is -2.28. The van der Waals surface area contributed by atoms with Crippen LogP contribution < -0.4 is 0 Å². The lowest BCUT2D eigenvalue weighted by Crippen LogP contribution is -2.36. The van der Waals surface area contributed by atoms with Crippen LogP contribution in [0.4, 0.5) is 0 Å². The van der Waals surface area contributed by atoms with Gasteiger partial charge in [0.05, 0.1) is 12.1 Å². The van der Waals surface area contributed by atoms with E-state index in [0.29, 0.717) is 18.7 Å². The van der Waals surface area contributed by atoms with Crippen LogP contribution in [0.15, 0.2) is 34.9 Å². The second-order valence-corrected chi connectivity index (χ2v) is 4.94. The number of hydrogen-bond donors (Lipinski definition) is 0. The van der Waals surface area contributed by atoms with Crippen LogP contribution in [0.5, 0.6) is 0 Å². The summed E-state index contributed by atoms with van der Waals surface area (Å²) < 4.78 is 4.99. The minimum absolute atomic E-state index is 0.114. The topological polar surface area (TPSA) is 46.3 Å². The van der Waals surface area contributed by atoms with Crippen molar-refractivity contribution in [2.24, 2.45) is 0 Å². The summed E-state index contributed by atoms with van der Waals surface area (Å²) in [4.78, 5) is 14.1. The summed E-state index contributed by atoms with van der Waals surface area (Å²) in [6, 6.07) is 10.1. The summed E-state index contributed by atoms with van der Waals surface area (Å²) in [6.07, 6.45) is 1.25. The van der Waals surface area contributed by atoms with E-state index in [2.05, 4.69) is 23.4 Å². The molecule has 0 atom stereocenters. The molecular formula is C15H16N2O2. The van der Waals surface area contributed by atoms with E-state index in [9.17, 15) is 4.79 Å². The van der Waals surface area contributed by atoms with Gasteiger partial charge in [-0.25, -0.2) is 0 Å². The molecule has 1 aromatic heterocycles. The highest BCUT2D eigenvalue weighted by Crippen LogP contribution is 2.19. The molecule has 2 heterocycles. The van der Waals surface area contributed by atoms with Gasteiger partial charge in [-0.15, -0.1) is 0 Å². The van der Waals surface area contributed by atoms with Crippen LogP contribution >= 0.6 is 0 Å². The Kier molecular flexibility index (Phi) is 3.07. The van der Waals surface area contributed by atoms with Gasteiger partial charge in [-0.3, -0.25) is 4.79 Å². The average Bonchev–Trinajstić information content (AvgIpc) is 2.83. The summed E-state index contributed by atoms with van der Waals surface area (Å²) in [6.45, 7) is 3.32. The number of fused-ring (bicyclic) bond motifs is 1. The standard InChI is InChI=1S/C15H16N2O2/c1-11-8-14(16-19-11)9-15(18)17-7-6-12-4-2-3-5-13(12)10-17/h2-5,8H,6-7,9-10H2,1H3. The van der Waals surface area contributed by atoms with Crippen LogP contribution in [0.1, 0.15) is 22.6 Å². The lowest BCUT2D eigenvalue weighted by atomic mass is 9.99. The van der Waals surface area contributed by atoms with Gasteiger partial charge in [0.25, 0.3) is 0 Å². The normalized spacial score (nSPS) is 14.3. The van der Waals surface area contributed by atoms with E-state index < -0.39 is 0 Å². The fourth-order valence-corrected chi connectivity index (χ4v) is 2.48. The van der Waals surface area contributed by atoms with Gasteiger partial charge in [-0.1, -0.05) is 29.4 Å². The number of hydrogen-bond acceptors (Lipinski definition) is 3. The van der Waals surface area contributed by atoms with E-state index >= 15 is 0 Å². The number of rotatable bonds is 2. The van der Waals surface area contributed by atoms with Gasteiger partial charge in [-0.2, -0.15) is 0 Å². The first kappa shape index (κ1) is 12.0. The first-order chi connectivity index (χ1) is 9.22. The van der Waals surface area contributed by atoms with Gasteiger partial charge < -0.3 is 9.42 Å². The third-order valence-electron chi connectivity index (χ3n) is 3.49. The lowest BCUT2D eigenvalue weighted by molar-refractivity contribution is -0.131. The average molecular weight is 256 g/mol. The summed E-state index contributed by atoms with van der Waals surface area (Å²) in [5, 5.41) is 3.87. The molecule has 1 aliphatic rings. The molecule has 2 aromatic rings. The maximum absolute atomic E-state index is 12.2. The zero-order chi connectivity index (χ0) is 13.2. The van der Waals surface area contributed by atoms with Crippen LogP contribution in [0.3, 0.4) is 0 Å². The molecule has 0 unspecified atom stereocenters. The molecule has 0 radical (unpaired) electrons. The number of carbonyl (C=O) groups excluding carboxylic acids is 1. The van der Waals surface area contributed by atoms with Crippen molar-refractivity contribution in [2.75, 3.05) is 6.54 Å². The number of carbonyl (C=O) groups is 1. The molecule has 4 nitrogen and oxygen atoms in total. The van der Waals surface area contributed by atoms with Gasteiger partial charge in [0.1, 0.15) is 5.76 Å². The first-order valence-electron chi connectivity index (χ1n) is 6.49. The molecular weight excluding hydrogens is 240 g/mol. The number of aryl methyl sites for hydroxylation is 1. The summed E-state index contributed by atoms with van der Waals surface area (Å²) >= 11 is 0. The molecule has 98 valence electrons. The van der Waals surface area contributed by atoms with Crippen molar-refractivity contribution in [2.45, 2.75) is 26.3 Å². The molecule has 19 heavy (non-hydrogen) atoms. The van der Waals surface area contributed by atoms with E-state index in [1.54, 1.807) is 0 Å². The molecule has 1 aromatic carbocycles. The fourth-order valence-electron chi connectivity index (χ4n) is 2.48. The zero-order valence-corrected chi connectivity index (χ0v) is 10.9. The summed E-state index contributed by atoms with van der Waals surface area (Å²) in [7, 11) is 0. The second kappa shape index (κ2) is 4.88. The van der Waals surface area contributed by atoms with Gasteiger partial charge in [0, 0.05) is 19.2 Å². The zero-order valence-electron chi connectivity index (χ0n) is 10.9. The van der Waals surface area contributed by atoms with Crippen molar-refractivity contribution in [3.63, 3.8) is 0 Å². The van der Waals surface area contributed by atoms with Gasteiger partial charge in [0.2, 0.25) is 5.91 Å². The molecule has 0 saturated heterocycles. The van der Waals surface area contributed by atoms with Crippen LogP contribution in [0.25, 0.3) is 0 Å². The summed E-state index contributed by atoms with van der Waals surface area (Å²) in [5.74, 6) is 0.856. The Morgan fingerprint density at radius 3 is 2.89 bits per heavy atom. The number of nitrogens with zero attached hydrogens (tertiary/aromatic N) is 2. The molecule has 0 saturated carbocycles. The highest BCUT2D eigenvalue weighted by molar-refractivity contribution is 5.78. The Morgan fingerprint density at radius 2 is 2.16 bits per heavy atom. The van der Waals surface area contributed by atoms with E-state index in [0.717, 1.165) is 18.7 Å². The Labute approximate surface area is 112 Å². The number of benzene rings is 1. The molecule has 3 rings (SSSR count). The van der Waals surface area contributed by atoms with E-state index in [-0.39, 0.29) is 5.91 Å². The van der Waals surface area contributed by atoms with Crippen molar-refractivity contribution in [1.29, 1.82) is 0 Å². The summed E-state index contributed by atoms with van der Waals surface area (Å²) in [5.41, 5.74) is 3.31. The Balaban J connectivity index is 1.69. The van der Waals surface area contributed by atoms with Crippen molar-refractivity contribution in [3.8, 4) is 0 Å². The predicted octanol–water partition coefficient (Wildman–Crippen LogP) is 2.11. The third kappa shape index (κ3) is 2.52. The minimum atomic E-state index is 0.114. The van der Waals surface area contributed by atoms with Crippen LogP contribution in [-0.4, -0.2) is 22.5 Å².